The maximum atomic E-state index is 6.03. The van der Waals surface area contributed by atoms with Gasteiger partial charge in [0.1, 0.15) is 11.9 Å². The van der Waals surface area contributed by atoms with Crippen LogP contribution in [0.3, 0.4) is 0 Å². The third-order valence-corrected chi connectivity index (χ3v) is 3.15. The van der Waals surface area contributed by atoms with Crippen molar-refractivity contribution in [1.29, 1.82) is 0 Å². The Hall–Kier alpha value is -1.02. The van der Waals surface area contributed by atoms with Crippen molar-refractivity contribution in [2.75, 3.05) is 6.54 Å². The zero-order valence-electron chi connectivity index (χ0n) is 10.9. The highest BCUT2D eigenvalue weighted by atomic mass is 16.5. The summed E-state index contributed by atoms with van der Waals surface area (Å²) < 4.78 is 6.03. The third kappa shape index (κ3) is 4.39. The average molecular weight is 233 g/mol. The molecule has 1 saturated carbocycles. The predicted octanol–water partition coefficient (Wildman–Crippen LogP) is 3.29. The van der Waals surface area contributed by atoms with Gasteiger partial charge in [0.25, 0.3) is 0 Å². The van der Waals surface area contributed by atoms with Crippen LogP contribution in [0.4, 0.5) is 0 Å². The summed E-state index contributed by atoms with van der Waals surface area (Å²) in [6.45, 7) is 5.29. The molecule has 2 heteroatoms. The largest absolute Gasteiger partial charge is 0.489 e. The topological polar surface area (TPSA) is 21.3 Å². The fourth-order valence-corrected chi connectivity index (χ4v) is 1.92. The summed E-state index contributed by atoms with van der Waals surface area (Å²) in [4.78, 5) is 0. The molecule has 1 aromatic carbocycles. The lowest BCUT2D eigenvalue weighted by Crippen LogP contribution is -2.32. The first kappa shape index (κ1) is 12.4. The second kappa shape index (κ2) is 6.06. The van der Waals surface area contributed by atoms with Crippen LogP contribution in [0.5, 0.6) is 5.75 Å². The van der Waals surface area contributed by atoms with Gasteiger partial charge in [0.05, 0.1) is 0 Å². The SMILES string of the molecule is CCCC(CNC1CC1)Oc1ccc(C)cc1. The predicted molar refractivity (Wildman–Crippen MR) is 71.5 cm³/mol. The molecule has 1 aromatic rings. The maximum Gasteiger partial charge on any atom is 0.119 e. The minimum absolute atomic E-state index is 0.309. The fourth-order valence-electron chi connectivity index (χ4n) is 1.92. The molecule has 0 bridgehead atoms. The Morgan fingerprint density at radius 1 is 1.29 bits per heavy atom. The summed E-state index contributed by atoms with van der Waals surface area (Å²) in [6.07, 6.45) is 5.27. The zero-order chi connectivity index (χ0) is 12.1. The molecule has 1 unspecified atom stereocenters. The van der Waals surface area contributed by atoms with E-state index in [2.05, 4.69) is 43.4 Å². The van der Waals surface area contributed by atoms with E-state index in [0.29, 0.717) is 6.10 Å². The van der Waals surface area contributed by atoms with Crippen molar-refractivity contribution in [2.24, 2.45) is 0 Å². The number of aryl methyl sites for hydroxylation is 1. The highest BCUT2D eigenvalue weighted by Gasteiger charge is 2.22. The summed E-state index contributed by atoms with van der Waals surface area (Å²) >= 11 is 0. The average Bonchev–Trinajstić information content (AvgIpc) is 3.13. The van der Waals surface area contributed by atoms with Crippen LogP contribution >= 0.6 is 0 Å². The summed E-state index contributed by atoms with van der Waals surface area (Å²) in [6, 6.07) is 9.10. The Morgan fingerprint density at radius 3 is 2.59 bits per heavy atom. The Labute approximate surface area is 104 Å². The molecular weight excluding hydrogens is 210 g/mol. The second-order valence-electron chi connectivity index (χ2n) is 5.02. The first-order valence-corrected chi connectivity index (χ1v) is 6.74. The smallest absolute Gasteiger partial charge is 0.119 e. The first-order valence-electron chi connectivity index (χ1n) is 6.74. The molecule has 0 spiro atoms. The van der Waals surface area contributed by atoms with E-state index in [-0.39, 0.29) is 0 Å². The quantitative estimate of drug-likeness (QED) is 0.780. The Balaban J connectivity index is 1.84. The molecule has 0 radical (unpaired) electrons. The molecule has 0 saturated heterocycles. The number of rotatable bonds is 7. The number of benzene rings is 1. The van der Waals surface area contributed by atoms with Crippen LogP contribution in [0.2, 0.25) is 0 Å². The molecular formula is C15H23NO. The molecule has 1 N–H and O–H groups in total. The molecule has 17 heavy (non-hydrogen) atoms. The highest BCUT2D eigenvalue weighted by molar-refractivity contribution is 5.26. The molecule has 94 valence electrons. The number of nitrogens with one attached hydrogen (secondary N) is 1. The minimum Gasteiger partial charge on any atom is -0.489 e. The van der Waals surface area contributed by atoms with Gasteiger partial charge in [-0.05, 0) is 38.3 Å². The molecule has 0 aromatic heterocycles. The summed E-state index contributed by atoms with van der Waals surface area (Å²) in [5, 5.41) is 3.55. The molecule has 0 amide bonds. The molecule has 0 heterocycles. The lowest BCUT2D eigenvalue weighted by Gasteiger charge is -2.19. The van der Waals surface area contributed by atoms with Crippen LogP contribution in [0, 0.1) is 6.92 Å². The van der Waals surface area contributed by atoms with Crippen molar-refractivity contribution in [3.8, 4) is 5.75 Å². The van der Waals surface area contributed by atoms with Gasteiger partial charge in [-0.3, -0.25) is 0 Å². The lowest BCUT2D eigenvalue weighted by molar-refractivity contribution is 0.186. The molecule has 2 nitrogen and oxygen atoms in total. The van der Waals surface area contributed by atoms with E-state index in [1.54, 1.807) is 0 Å². The third-order valence-electron chi connectivity index (χ3n) is 3.15. The molecule has 2 rings (SSSR count). The van der Waals surface area contributed by atoms with Gasteiger partial charge in [0, 0.05) is 12.6 Å². The molecule has 1 aliphatic carbocycles. The van der Waals surface area contributed by atoms with E-state index in [1.807, 2.05) is 0 Å². The van der Waals surface area contributed by atoms with E-state index in [4.69, 9.17) is 4.74 Å². The lowest BCUT2D eigenvalue weighted by atomic mass is 10.2. The summed E-state index contributed by atoms with van der Waals surface area (Å²) in [5.41, 5.74) is 1.28. The normalized spacial score (nSPS) is 16.8. The summed E-state index contributed by atoms with van der Waals surface area (Å²) in [7, 11) is 0. The van der Waals surface area contributed by atoms with Crippen LogP contribution in [0.1, 0.15) is 38.2 Å². The van der Waals surface area contributed by atoms with Crippen molar-refractivity contribution in [2.45, 2.75) is 51.7 Å². The van der Waals surface area contributed by atoms with E-state index in [0.717, 1.165) is 24.8 Å². The standard InChI is InChI=1S/C15H23NO/c1-3-4-15(11-16-13-7-8-13)17-14-9-5-12(2)6-10-14/h5-6,9-10,13,15-16H,3-4,7-8,11H2,1-2H3. The number of ether oxygens (including phenoxy) is 1. The van der Waals surface area contributed by atoms with Crippen molar-refractivity contribution >= 4 is 0 Å². The van der Waals surface area contributed by atoms with Gasteiger partial charge >= 0.3 is 0 Å². The maximum absolute atomic E-state index is 6.03. The van der Waals surface area contributed by atoms with Crippen LogP contribution in [0.15, 0.2) is 24.3 Å². The first-order chi connectivity index (χ1) is 8.28. The van der Waals surface area contributed by atoms with Crippen LogP contribution in [-0.2, 0) is 0 Å². The molecule has 0 aliphatic heterocycles. The Morgan fingerprint density at radius 2 is 2.00 bits per heavy atom. The van der Waals surface area contributed by atoms with Gasteiger partial charge in [0.15, 0.2) is 0 Å². The van der Waals surface area contributed by atoms with Gasteiger partial charge in [-0.1, -0.05) is 31.0 Å². The van der Waals surface area contributed by atoms with Crippen molar-refractivity contribution in [3.05, 3.63) is 29.8 Å². The molecule has 1 atom stereocenters. The van der Waals surface area contributed by atoms with Crippen LogP contribution in [-0.4, -0.2) is 18.7 Å². The highest BCUT2D eigenvalue weighted by Crippen LogP contribution is 2.20. The van der Waals surface area contributed by atoms with Crippen molar-refractivity contribution in [1.82, 2.24) is 5.32 Å². The van der Waals surface area contributed by atoms with Gasteiger partial charge in [-0.15, -0.1) is 0 Å². The van der Waals surface area contributed by atoms with Crippen molar-refractivity contribution in [3.63, 3.8) is 0 Å². The zero-order valence-corrected chi connectivity index (χ0v) is 10.9. The number of hydrogen-bond acceptors (Lipinski definition) is 2. The van der Waals surface area contributed by atoms with E-state index < -0.39 is 0 Å². The summed E-state index contributed by atoms with van der Waals surface area (Å²) in [5.74, 6) is 0.992. The Bertz CT molecular complexity index is 329. The van der Waals surface area contributed by atoms with E-state index in [9.17, 15) is 0 Å². The Kier molecular flexibility index (Phi) is 4.43. The number of hydrogen-bond donors (Lipinski definition) is 1. The van der Waals surface area contributed by atoms with Gasteiger partial charge < -0.3 is 10.1 Å². The van der Waals surface area contributed by atoms with Gasteiger partial charge in [-0.2, -0.15) is 0 Å². The molecule has 1 aliphatic rings. The van der Waals surface area contributed by atoms with Crippen LogP contribution < -0.4 is 10.1 Å². The van der Waals surface area contributed by atoms with Crippen molar-refractivity contribution < 1.29 is 4.74 Å². The second-order valence-corrected chi connectivity index (χ2v) is 5.02. The minimum atomic E-state index is 0.309. The van der Waals surface area contributed by atoms with Gasteiger partial charge in [-0.25, -0.2) is 0 Å². The monoisotopic (exact) mass is 233 g/mol. The molecule has 1 fully saturated rings. The van der Waals surface area contributed by atoms with Gasteiger partial charge in [0.2, 0.25) is 0 Å². The van der Waals surface area contributed by atoms with E-state index in [1.165, 1.54) is 24.8 Å². The fraction of sp³-hybridized carbons (Fsp3) is 0.600. The van der Waals surface area contributed by atoms with Crippen LogP contribution in [0.25, 0.3) is 0 Å². The van der Waals surface area contributed by atoms with E-state index >= 15 is 0 Å².